The molecule has 0 radical (unpaired) electrons. The Labute approximate surface area is 115 Å². The van der Waals surface area contributed by atoms with E-state index in [1.54, 1.807) is 7.11 Å². The molecule has 4 heteroatoms. The Bertz CT molecular complexity index is 368. The zero-order chi connectivity index (χ0) is 14.1. The predicted molar refractivity (Wildman–Crippen MR) is 76.7 cm³/mol. The first-order chi connectivity index (χ1) is 9.16. The molecule has 2 atom stereocenters. The fourth-order valence-corrected chi connectivity index (χ4v) is 1.87. The monoisotopic (exact) mass is 264 g/mol. The van der Waals surface area contributed by atoms with Gasteiger partial charge in [-0.05, 0) is 18.4 Å². The van der Waals surface area contributed by atoms with Gasteiger partial charge in [-0.25, -0.2) is 0 Å². The lowest BCUT2D eigenvalue weighted by molar-refractivity contribution is -0.125. The minimum atomic E-state index is -0.264. The van der Waals surface area contributed by atoms with Crippen molar-refractivity contribution in [2.45, 2.75) is 25.8 Å². The molecule has 0 heterocycles. The van der Waals surface area contributed by atoms with E-state index in [0.29, 0.717) is 6.54 Å². The molecule has 106 valence electrons. The van der Waals surface area contributed by atoms with Crippen molar-refractivity contribution < 1.29 is 9.53 Å². The Hall–Kier alpha value is -1.39. The second-order valence-electron chi connectivity index (χ2n) is 4.72. The van der Waals surface area contributed by atoms with Gasteiger partial charge in [0.25, 0.3) is 0 Å². The fraction of sp³-hybridized carbons (Fsp3) is 0.533. The number of hydrogen-bond donors (Lipinski definition) is 2. The van der Waals surface area contributed by atoms with Gasteiger partial charge in [-0.15, -0.1) is 0 Å². The highest BCUT2D eigenvalue weighted by atomic mass is 16.5. The van der Waals surface area contributed by atoms with Crippen LogP contribution >= 0.6 is 0 Å². The Morgan fingerprint density at radius 3 is 2.63 bits per heavy atom. The molecule has 1 aromatic rings. The van der Waals surface area contributed by atoms with Gasteiger partial charge < -0.3 is 15.8 Å². The predicted octanol–water partition coefficient (Wildman–Crippen LogP) is 1.87. The summed E-state index contributed by atoms with van der Waals surface area (Å²) in [7, 11) is 1.68. The number of amides is 1. The zero-order valence-electron chi connectivity index (χ0n) is 11.8. The van der Waals surface area contributed by atoms with Gasteiger partial charge in [0.15, 0.2) is 0 Å². The molecule has 1 rings (SSSR count). The number of unbranched alkanes of at least 4 members (excludes halogenated alkanes) is 1. The molecule has 4 nitrogen and oxygen atoms in total. The van der Waals surface area contributed by atoms with E-state index in [1.165, 1.54) is 0 Å². The lowest BCUT2D eigenvalue weighted by Gasteiger charge is -2.19. The molecule has 0 fully saturated rings. The first-order valence-electron chi connectivity index (χ1n) is 6.74. The number of carbonyl (C=O) groups is 1. The molecule has 0 spiro atoms. The van der Waals surface area contributed by atoms with E-state index in [1.807, 2.05) is 37.3 Å². The van der Waals surface area contributed by atoms with Gasteiger partial charge in [0, 0.05) is 26.3 Å². The molecule has 0 aliphatic heterocycles. The number of nitrogens with two attached hydrogens (primary N) is 1. The van der Waals surface area contributed by atoms with Gasteiger partial charge in [-0.3, -0.25) is 4.79 Å². The highest BCUT2D eigenvalue weighted by Gasteiger charge is 2.21. The lowest BCUT2D eigenvalue weighted by Crippen LogP contribution is -2.36. The normalized spacial score (nSPS) is 13.8. The number of nitrogens with one attached hydrogen (secondary N) is 1. The van der Waals surface area contributed by atoms with Crippen molar-refractivity contribution >= 4 is 5.91 Å². The summed E-state index contributed by atoms with van der Waals surface area (Å²) in [5, 5.41) is 2.92. The average Bonchev–Trinajstić information content (AvgIpc) is 2.46. The molecule has 0 saturated heterocycles. The van der Waals surface area contributed by atoms with E-state index in [4.69, 9.17) is 10.5 Å². The van der Waals surface area contributed by atoms with Gasteiger partial charge in [0.2, 0.25) is 5.91 Å². The molecule has 0 saturated carbocycles. The molecule has 1 amide bonds. The maximum absolute atomic E-state index is 12.0. The highest BCUT2D eigenvalue weighted by Crippen LogP contribution is 2.18. The summed E-state index contributed by atoms with van der Waals surface area (Å²) in [5.41, 5.74) is 7.10. The standard InChI is InChI=1S/C15H24N2O2/c1-12(14(16)13-8-4-3-5-9-13)15(18)17-10-6-7-11-19-2/h3-5,8-9,12,14H,6-7,10-11,16H2,1-2H3,(H,17,18). The Morgan fingerprint density at radius 1 is 1.32 bits per heavy atom. The van der Waals surface area contributed by atoms with Crippen molar-refractivity contribution in [3.05, 3.63) is 35.9 Å². The largest absolute Gasteiger partial charge is 0.385 e. The van der Waals surface area contributed by atoms with Crippen LogP contribution in [0, 0.1) is 5.92 Å². The van der Waals surface area contributed by atoms with Crippen LogP contribution < -0.4 is 11.1 Å². The lowest BCUT2D eigenvalue weighted by atomic mass is 9.94. The van der Waals surface area contributed by atoms with Crippen LogP contribution in [0.4, 0.5) is 0 Å². The number of hydrogen-bond acceptors (Lipinski definition) is 3. The van der Waals surface area contributed by atoms with Crippen LogP contribution in [0.5, 0.6) is 0 Å². The highest BCUT2D eigenvalue weighted by molar-refractivity contribution is 5.79. The van der Waals surface area contributed by atoms with E-state index >= 15 is 0 Å². The van der Waals surface area contributed by atoms with E-state index in [2.05, 4.69) is 5.32 Å². The molecule has 0 aliphatic rings. The summed E-state index contributed by atoms with van der Waals surface area (Å²) in [6, 6.07) is 9.45. The topological polar surface area (TPSA) is 64.3 Å². The molecule has 3 N–H and O–H groups in total. The van der Waals surface area contributed by atoms with Crippen LogP contribution in [0.2, 0.25) is 0 Å². The number of methoxy groups -OCH3 is 1. The second-order valence-corrected chi connectivity index (χ2v) is 4.72. The minimum absolute atomic E-state index is 0.00812. The van der Waals surface area contributed by atoms with Gasteiger partial charge >= 0.3 is 0 Å². The Balaban J connectivity index is 2.35. The number of carbonyl (C=O) groups excluding carboxylic acids is 1. The van der Waals surface area contributed by atoms with Crippen LogP contribution in [0.3, 0.4) is 0 Å². The summed E-state index contributed by atoms with van der Waals surface area (Å²) in [5.74, 6) is -0.224. The van der Waals surface area contributed by atoms with E-state index in [9.17, 15) is 4.79 Å². The molecule has 2 unspecified atom stereocenters. The fourth-order valence-electron chi connectivity index (χ4n) is 1.87. The summed E-state index contributed by atoms with van der Waals surface area (Å²) < 4.78 is 4.96. The van der Waals surface area contributed by atoms with Crippen molar-refractivity contribution in [1.82, 2.24) is 5.32 Å². The van der Waals surface area contributed by atoms with Crippen molar-refractivity contribution in [3.8, 4) is 0 Å². The van der Waals surface area contributed by atoms with Crippen LogP contribution in [-0.4, -0.2) is 26.2 Å². The third kappa shape index (κ3) is 5.41. The van der Waals surface area contributed by atoms with Gasteiger partial charge in [0.05, 0.1) is 5.92 Å². The number of ether oxygens (including phenoxy) is 1. The van der Waals surface area contributed by atoms with Gasteiger partial charge in [-0.2, -0.15) is 0 Å². The Morgan fingerprint density at radius 2 is 2.00 bits per heavy atom. The summed E-state index contributed by atoms with van der Waals surface area (Å²) in [6.45, 7) is 3.27. The molecule has 0 aliphatic carbocycles. The number of rotatable bonds is 8. The van der Waals surface area contributed by atoms with Crippen molar-refractivity contribution in [1.29, 1.82) is 0 Å². The first kappa shape index (κ1) is 15.7. The third-order valence-electron chi connectivity index (χ3n) is 3.21. The van der Waals surface area contributed by atoms with E-state index in [-0.39, 0.29) is 17.9 Å². The molecule has 0 bridgehead atoms. The van der Waals surface area contributed by atoms with Crippen molar-refractivity contribution in [2.24, 2.45) is 11.7 Å². The zero-order valence-corrected chi connectivity index (χ0v) is 11.8. The van der Waals surface area contributed by atoms with Gasteiger partial charge in [-0.1, -0.05) is 37.3 Å². The van der Waals surface area contributed by atoms with Crippen LogP contribution in [0.25, 0.3) is 0 Å². The molecular formula is C15H24N2O2. The first-order valence-corrected chi connectivity index (χ1v) is 6.74. The van der Waals surface area contributed by atoms with Crippen LogP contribution in [0.1, 0.15) is 31.4 Å². The minimum Gasteiger partial charge on any atom is -0.385 e. The van der Waals surface area contributed by atoms with Crippen LogP contribution in [0.15, 0.2) is 30.3 Å². The maximum Gasteiger partial charge on any atom is 0.224 e. The van der Waals surface area contributed by atoms with Crippen molar-refractivity contribution in [3.63, 3.8) is 0 Å². The Kier molecular flexibility index (Phi) is 7.15. The van der Waals surface area contributed by atoms with E-state index < -0.39 is 0 Å². The molecular weight excluding hydrogens is 240 g/mol. The maximum atomic E-state index is 12.0. The molecule has 0 aromatic heterocycles. The number of benzene rings is 1. The third-order valence-corrected chi connectivity index (χ3v) is 3.21. The summed E-state index contributed by atoms with van der Waals surface area (Å²) in [4.78, 5) is 12.0. The van der Waals surface area contributed by atoms with Gasteiger partial charge in [0.1, 0.15) is 0 Å². The summed E-state index contributed by atoms with van der Waals surface area (Å²) >= 11 is 0. The van der Waals surface area contributed by atoms with Crippen LogP contribution in [-0.2, 0) is 9.53 Å². The SMILES string of the molecule is COCCCCNC(=O)C(C)C(N)c1ccccc1. The quantitative estimate of drug-likeness (QED) is 0.704. The average molecular weight is 264 g/mol. The van der Waals surface area contributed by atoms with E-state index in [0.717, 1.165) is 25.0 Å². The molecule has 19 heavy (non-hydrogen) atoms. The second kappa shape index (κ2) is 8.67. The molecule has 1 aromatic carbocycles. The van der Waals surface area contributed by atoms with Crippen molar-refractivity contribution in [2.75, 3.05) is 20.3 Å². The smallest absolute Gasteiger partial charge is 0.224 e. The summed E-state index contributed by atoms with van der Waals surface area (Å²) in [6.07, 6.45) is 1.88.